The Morgan fingerprint density at radius 1 is 0.357 bits per heavy atom. The number of rotatable bonds is 2. The van der Waals surface area contributed by atoms with Crippen molar-refractivity contribution in [3.63, 3.8) is 0 Å². The normalized spacial score (nSPS) is 13.6. The average Bonchev–Trinajstić information content (AvgIpc) is 3.89. The third-order valence-corrected chi connectivity index (χ3v) is 12.6. The molecule has 11 aromatic rings. The molecule has 3 heterocycles. The lowest BCUT2D eigenvalue weighted by molar-refractivity contribution is 0.440. The standard InChI is InChI=1S/C53H32N2O/c1-2-15-34(16-3-1)54-47-24-12-8-20-39(47)42-32-35(27-31-48(42)54)55-50-36-17-5-4-14-33(36)26-28-40(50)41-29-30-46-52(51(41)55)56-49-25-13-11-23-45(49)53(46)43-21-9-6-18-37(43)38-19-7-10-22-44(38)53/h1-32H. The zero-order valence-electron chi connectivity index (χ0n) is 30.3. The highest BCUT2D eigenvalue weighted by Crippen LogP contribution is 2.63. The Labute approximate surface area is 322 Å². The quantitative estimate of drug-likeness (QED) is 0.175. The number of para-hydroxylation sites is 3. The van der Waals surface area contributed by atoms with Crippen molar-refractivity contribution < 1.29 is 4.74 Å². The van der Waals surface area contributed by atoms with Crippen LogP contribution in [0.3, 0.4) is 0 Å². The van der Waals surface area contributed by atoms with Gasteiger partial charge < -0.3 is 13.9 Å². The highest BCUT2D eigenvalue weighted by atomic mass is 16.5. The number of fused-ring (bicyclic) bond motifs is 18. The minimum atomic E-state index is -0.554. The molecule has 0 unspecified atom stereocenters. The van der Waals surface area contributed by atoms with Gasteiger partial charge in [-0.3, -0.25) is 0 Å². The first-order valence-corrected chi connectivity index (χ1v) is 19.4. The van der Waals surface area contributed by atoms with E-state index in [1.165, 1.54) is 76.7 Å². The summed E-state index contributed by atoms with van der Waals surface area (Å²) in [4.78, 5) is 0. The maximum Gasteiger partial charge on any atom is 0.156 e. The second kappa shape index (κ2) is 10.9. The number of benzene rings is 9. The molecule has 0 bridgehead atoms. The number of hydrogen-bond acceptors (Lipinski definition) is 1. The molecular formula is C53H32N2O. The average molecular weight is 713 g/mol. The van der Waals surface area contributed by atoms with Crippen LogP contribution in [-0.2, 0) is 5.41 Å². The van der Waals surface area contributed by atoms with E-state index in [2.05, 4.69) is 203 Å². The van der Waals surface area contributed by atoms with Crippen LogP contribution in [0.25, 0.3) is 76.9 Å². The van der Waals surface area contributed by atoms with Gasteiger partial charge in [0.05, 0.1) is 27.5 Å². The van der Waals surface area contributed by atoms with E-state index in [1.54, 1.807) is 0 Å². The lowest BCUT2D eigenvalue weighted by Crippen LogP contribution is -2.32. The molecule has 9 aromatic carbocycles. The molecule has 0 amide bonds. The van der Waals surface area contributed by atoms with Crippen molar-refractivity contribution in [2.45, 2.75) is 5.41 Å². The predicted molar refractivity (Wildman–Crippen MR) is 230 cm³/mol. The van der Waals surface area contributed by atoms with Crippen LogP contribution in [0.1, 0.15) is 22.3 Å². The zero-order chi connectivity index (χ0) is 36.5. The third-order valence-electron chi connectivity index (χ3n) is 12.6. The molecule has 0 radical (unpaired) electrons. The maximum atomic E-state index is 7.31. The summed E-state index contributed by atoms with van der Waals surface area (Å²) in [6, 6.07) is 71.1. The van der Waals surface area contributed by atoms with Crippen LogP contribution >= 0.6 is 0 Å². The minimum absolute atomic E-state index is 0.554. The van der Waals surface area contributed by atoms with Crippen LogP contribution in [0.2, 0.25) is 0 Å². The van der Waals surface area contributed by atoms with Crippen LogP contribution in [0.4, 0.5) is 0 Å². The van der Waals surface area contributed by atoms with Gasteiger partial charge in [0.2, 0.25) is 0 Å². The largest absolute Gasteiger partial charge is 0.454 e. The van der Waals surface area contributed by atoms with Gasteiger partial charge in [-0.05, 0) is 70.1 Å². The summed E-state index contributed by atoms with van der Waals surface area (Å²) in [6.07, 6.45) is 0. The lowest BCUT2D eigenvalue weighted by Gasteiger charge is -2.39. The monoisotopic (exact) mass is 712 g/mol. The Bertz CT molecular complexity index is 3410. The van der Waals surface area contributed by atoms with Gasteiger partial charge >= 0.3 is 0 Å². The molecule has 0 saturated heterocycles. The number of aromatic nitrogens is 2. The molecule has 1 aliphatic carbocycles. The summed E-state index contributed by atoms with van der Waals surface area (Å²) >= 11 is 0. The van der Waals surface area contributed by atoms with Crippen molar-refractivity contribution in [3.05, 3.63) is 216 Å². The van der Waals surface area contributed by atoms with Crippen molar-refractivity contribution in [2.24, 2.45) is 0 Å². The summed E-state index contributed by atoms with van der Waals surface area (Å²) in [5, 5.41) is 7.24. The van der Waals surface area contributed by atoms with Crippen LogP contribution in [0, 0.1) is 0 Å². The molecule has 260 valence electrons. The molecule has 0 atom stereocenters. The van der Waals surface area contributed by atoms with Gasteiger partial charge in [-0.25, -0.2) is 0 Å². The Morgan fingerprint density at radius 2 is 0.982 bits per heavy atom. The van der Waals surface area contributed by atoms with E-state index in [-0.39, 0.29) is 0 Å². The van der Waals surface area contributed by atoms with E-state index in [4.69, 9.17) is 4.74 Å². The Morgan fingerprint density at radius 3 is 1.80 bits per heavy atom. The fourth-order valence-electron chi connectivity index (χ4n) is 10.4. The van der Waals surface area contributed by atoms with E-state index >= 15 is 0 Å². The maximum absolute atomic E-state index is 7.31. The fraction of sp³-hybridized carbons (Fsp3) is 0.0189. The van der Waals surface area contributed by atoms with Crippen molar-refractivity contribution in [1.29, 1.82) is 0 Å². The fourth-order valence-corrected chi connectivity index (χ4v) is 10.4. The molecule has 3 heteroatoms. The summed E-state index contributed by atoms with van der Waals surface area (Å²) in [5.41, 5.74) is 13.8. The van der Waals surface area contributed by atoms with Crippen LogP contribution in [-0.4, -0.2) is 9.13 Å². The van der Waals surface area contributed by atoms with Gasteiger partial charge in [0.15, 0.2) is 5.75 Å². The molecule has 2 aliphatic rings. The second-order valence-electron chi connectivity index (χ2n) is 15.2. The van der Waals surface area contributed by atoms with E-state index < -0.39 is 5.41 Å². The summed E-state index contributed by atoms with van der Waals surface area (Å²) < 4.78 is 12.2. The molecule has 1 spiro atoms. The van der Waals surface area contributed by atoms with Crippen LogP contribution in [0.5, 0.6) is 11.5 Å². The van der Waals surface area contributed by atoms with E-state index in [0.29, 0.717) is 0 Å². The van der Waals surface area contributed by atoms with Crippen LogP contribution in [0.15, 0.2) is 194 Å². The van der Waals surface area contributed by atoms with Gasteiger partial charge in [-0.2, -0.15) is 0 Å². The molecule has 1 aliphatic heterocycles. The second-order valence-corrected chi connectivity index (χ2v) is 15.2. The van der Waals surface area contributed by atoms with E-state index in [0.717, 1.165) is 34.0 Å². The van der Waals surface area contributed by atoms with Gasteiger partial charge in [0.1, 0.15) is 5.75 Å². The molecule has 56 heavy (non-hydrogen) atoms. The van der Waals surface area contributed by atoms with Crippen molar-refractivity contribution in [3.8, 4) is 34.0 Å². The molecule has 0 saturated carbocycles. The first kappa shape index (κ1) is 30.0. The van der Waals surface area contributed by atoms with Crippen LogP contribution < -0.4 is 4.74 Å². The Hall–Kier alpha value is -7.36. The minimum Gasteiger partial charge on any atom is -0.454 e. The van der Waals surface area contributed by atoms with Crippen molar-refractivity contribution in [2.75, 3.05) is 0 Å². The smallest absolute Gasteiger partial charge is 0.156 e. The SMILES string of the molecule is c1ccc(-n2c3ccccc3c3cc(-n4c5c6c(ccc5c5ccc7ccccc7c54)C4(c5ccccc5O6)c5ccccc5-c5ccccc54)ccc32)cc1. The van der Waals surface area contributed by atoms with Crippen molar-refractivity contribution >= 4 is 54.4 Å². The first-order chi connectivity index (χ1) is 27.8. The van der Waals surface area contributed by atoms with Gasteiger partial charge in [-0.1, -0.05) is 152 Å². The summed E-state index contributed by atoms with van der Waals surface area (Å²) in [6.45, 7) is 0. The van der Waals surface area contributed by atoms with E-state index in [1.807, 2.05) is 0 Å². The third kappa shape index (κ3) is 3.67. The molecule has 0 fully saturated rings. The van der Waals surface area contributed by atoms with Gasteiger partial charge in [0, 0.05) is 49.4 Å². The predicted octanol–water partition coefficient (Wildman–Crippen LogP) is 13.5. The topological polar surface area (TPSA) is 19.1 Å². The highest BCUT2D eigenvalue weighted by molar-refractivity contribution is 6.20. The van der Waals surface area contributed by atoms with Gasteiger partial charge in [0.25, 0.3) is 0 Å². The van der Waals surface area contributed by atoms with Crippen molar-refractivity contribution in [1.82, 2.24) is 9.13 Å². The molecule has 0 N–H and O–H groups in total. The summed E-state index contributed by atoms with van der Waals surface area (Å²) in [5.74, 6) is 1.79. The molecule has 2 aromatic heterocycles. The first-order valence-electron chi connectivity index (χ1n) is 19.4. The Balaban J connectivity index is 1.20. The highest BCUT2D eigenvalue weighted by Gasteiger charge is 2.51. The van der Waals surface area contributed by atoms with Gasteiger partial charge in [-0.15, -0.1) is 0 Å². The molecule has 13 rings (SSSR count). The van der Waals surface area contributed by atoms with E-state index in [9.17, 15) is 0 Å². The Kier molecular flexibility index (Phi) is 5.83. The summed E-state index contributed by atoms with van der Waals surface area (Å²) in [7, 11) is 0. The zero-order valence-corrected chi connectivity index (χ0v) is 30.3. The number of hydrogen-bond donors (Lipinski definition) is 0. The molecular weight excluding hydrogens is 681 g/mol. The lowest BCUT2D eigenvalue weighted by atomic mass is 9.66. The molecule has 3 nitrogen and oxygen atoms in total. The number of ether oxygens (including phenoxy) is 1. The number of nitrogens with zero attached hydrogens (tertiary/aromatic N) is 2.